The molecule has 2 N–H and O–H groups in total. The summed E-state index contributed by atoms with van der Waals surface area (Å²) in [6.45, 7) is 0.637. The van der Waals surface area contributed by atoms with Crippen molar-refractivity contribution in [2.24, 2.45) is 0 Å². The van der Waals surface area contributed by atoms with Gasteiger partial charge in [-0.05, 0) is 12.0 Å². The van der Waals surface area contributed by atoms with Crippen molar-refractivity contribution in [2.75, 3.05) is 0 Å². The first-order chi connectivity index (χ1) is 9.24. The number of carboxylic acid groups (broad SMARTS) is 1. The molecule has 1 heterocycles. The van der Waals surface area contributed by atoms with Gasteiger partial charge in [0, 0.05) is 23.9 Å². The Bertz CT molecular complexity index is 582. The molecule has 1 saturated carbocycles. The summed E-state index contributed by atoms with van der Waals surface area (Å²) < 4.78 is 0. The lowest BCUT2D eigenvalue weighted by molar-refractivity contribution is 0.0696. The number of aromatic carboxylic acids is 1. The van der Waals surface area contributed by atoms with Crippen LogP contribution in [0.2, 0.25) is 0 Å². The Morgan fingerprint density at radius 2 is 2.21 bits per heavy atom. The SMILES string of the molecule is O=C(O)c1nc(CNC2CC2c2ccccc2)cs1. The molecule has 2 aromatic rings. The lowest BCUT2D eigenvalue weighted by Crippen LogP contribution is -2.17. The number of benzene rings is 1. The second-order valence-corrected chi connectivity index (χ2v) is 5.55. The number of nitrogens with zero attached hydrogens (tertiary/aromatic N) is 1. The van der Waals surface area contributed by atoms with E-state index in [9.17, 15) is 4.79 Å². The topological polar surface area (TPSA) is 62.2 Å². The second-order valence-electron chi connectivity index (χ2n) is 4.69. The molecule has 1 aliphatic carbocycles. The van der Waals surface area contributed by atoms with E-state index >= 15 is 0 Å². The van der Waals surface area contributed by atoms with Gasteiger partial charge < -0.3 is 10.4 Å². The molecule has 0 radical (unpaired) electrons. The fourth-order valence-corrected chi connectivity index (χ4v) is 2.87. The standard InChI is InChI=1S/C14H14N2O2S/c17-14(18)13-16-10(8-19-13)7-15-12-6-11(12)9-4-2-1-3-5-9/h1-5,8,11-12,15H,6-7H2,(H,17,18). The van der Waals surface area contributed by atoms with Crippen LogP contribution in [0.1, 0.15) is 33.4 Å². The Morgan fingerprint density at radius 1 is 1.42 bits per heavy atom. The Labute approximate surface area is 115 Å². The zero-order valence-electron chi connectivity index (χ0n) is 10.2. The zero-order chi connectivity index (χ0) is 13.2. The second kappa shape index (κ2) is 5.11. The van der Waals surface area contributed by atoms with Gasteiger partial charge in [0.15, 0.2) is 0 Å². The summed E-state index contributed by atoms with van der Waals surface area (Å²) >= 11 is 1.18. The number of carbonyl (C=O) groups is 1. The number of carboxylic acids is 1. The summed E-state index contributed by atoms with van der Waals surface area (Å²) in [6, 6.07) is 10.9. The third-order valence-corrected chi connectivity index (χ3v) is 4.18. The molecule has 3 rings (SSSR count). The van der Waals surface area contributed by atoms with Crippen molar-refractivity contribution in [3.63, 3.8) is 0 Å². The highest BCUT2D eigenvalue weighted by Crippen LogP contribution is 2.40. The van der Waals surface area contributed by atoms with Crippen molar-refractivity contribution in [1.82, 2.24) is 10.3 Å². The maximum absolute atomic E-state index is 10.7. The first-order valence-electron chi connectivity index (χ1n) is 6.20. The van der Waals surface area contributed by atoms with Gasteiger partial charge in [-0.15, -0.1) is 11.3 Å². The van der Waals surface area contributed by atoms with Crippen molar-refractivity contribution in [3.05, 3.63) is 52.0 Å². The maximum Gasteiger partial charge on any atom is 0.365 e. The minimum Gasteiger partial charge on any atom is -0.476 e. The van der Waals surface area contributed by atoms with Crippen LogP contribution in [-0.2, 0) is 6.54 Å². The maximum atomic E-state index is 10.7. The zero-order valence-corrected chi connectivity index (χ0v) is 11.1. The van der Waals surface area contributed by atoms with Crippen LogP contribution in [0.3, 0.4) is 0 Å². The van der Waals surface area contributed by atoms with E-state index in [1.54, 1.807) is 5.38 Å². The number of thiazole rings is 1. The molecule has 0 spiro atoms. The first-order valence-corrected chi connectivity index (χ1v) is 7.08. The normalized spacial score (nSPS) is 21.3. The highest BCUT2D eigenvalue weighted by atomic mass is 32.1. The van der Waals surface area contributed by atoms with Crippen LogP contribution in [-0.4, -0.2) is 22.1 Å². The van der Waals surface area contributed by atoms with E-state index in [4.69, 9.17) is 5.11 Å². The van der Waals surface area contributed by atoms with Crippen LogP contribution in [0.15, 0.2) is 35.7 Å². The van der Waals surface area contributed by atoms with Crippen molar-refractivity contribution in [1.29, 1.82) is 0 Å². The minimum absolute atomic E-state index is 0.159. The van der Waals surface area contributed by atoms with Gasteiger partial charge in [0.1, 0.15) is 0 Å². The molecule has 4 nitrogen and oxygen atoms in total. The Hall–Kier alpha value is -1.72. The molecule has 98 valence electrons. The van der Waals surface area contributed by atoms with Crippen molar-refractivity contribution >= 4 is 17.3 Å². The minimum atomic E-state index is -0.954. The molecular formula is C14H14N2O2S. The molecule has 0 bridgehead atoms. The summed E-state index contributed by atoms with van der Waals surface area (Å²) in [5, 5.41) is 14.2. The highest BCUT2D eigenvalue weighted by Gasteiger charge is 2.37. The molecular weight excluding hydrogens is 260 g/mol. The lowest BCUT2D eigenvalue weighted by Gasteiger charge is -2.02. The number of hydrogen-bond acceptors (Lipinski definition) is 4. The van der Waals surface area contributed by atoms with E-state index < -0.39 is 5.97 Å². The van der Waals surface area contributed by atoms with E-state index in [1.807, 2.05) is 6.07 Å². The predicted molar refractivity (Wildman–Crippen MR) is 73.5 cm³/mol. The number of rotatable bonds is 5. The molecule has 1 aromatic heterocycles. The van der Waals surface area contributed by atoms with Crippen LogP contribution in [0.25, 0.3) is 0 Å². The van der Waals surface area contributed by atoms with Gasteiger partial charge in [-0.1, -0.05) is 30.3 Å². The molecule has 1 aliphatic rings. The first kappa shape index (κ1) is 12.3. The van der Waals surface area contributed by atoms with Crippen molar-refractivity contribution in [3.8, 4) is 0 Å². The smallest absolute Gasteiger partial charge is 0.365 e. The van der Waals surface area contributed by atoms with Gasteiger partial charge in [0.25, 0.3) is 0 Å². The fraction of sp³-hybridized carbons (Fsp3) is 0.286. The summed E-state index contributed by atoms with van der Waals surface area (Å²) in [5.41, 5.74) is 2.17. The summed E-state index contributed by atoms with van der Waals surface area (Å²) in [6.07, 6.45) is 1.14. The van der Waals surface area contributed by atoms with Gasteiger partial charge in [0.05, 0.1) is 5.69 Å². The average molecular weight is 274 g/mol. The fourth-order valence-electron chi connectivity index (χ4n) is 2.21. The van der Waals surface area contributed by atoms with Gasteiger partial charge in [-0.2, -0.15) is 0 Å². The van der Waals surface area contributed by atoms with Crippen LogP contribution < -0.4 is 5.32 Å². The molecule has 5 heteroatoms. The van der Waals surface area contributed by atoms with Gasteiger partial charge in [-0.25, -0.2) is 9.78 Å². The summed E-state index contributed by atoms with van der Waals surface area (Å²) in [7, 11) is 0. The van der Waals surface area contributed by atoms with E-state index in [0.29, 0.717) is 18.5 Å². The van der Waals surface area contributed by atoms with Crippen molar-refractivity contribution < 1.29 is 9.90 Å². The molecule has 1 fully saturated rings. The predicted octanol–water partition coefficient (Wildman–Crippen LogP) is 2.49. The van der Waals surface area contributed by atoms with Crippen LogP contribution in [0.5, 0.6) is 0 Å². The van der Waals surface area contributed by atoms with Gasteiger partial charge in [0.2, 0.25) is 5.01 Å². The van der Waals surface area contributed by atoms with Gasteiger partial charge in [-0.3, -0.25) is 0 Å². The Balaban J connectivity index is 1.53. The third-order valence-electron chi connectivity index (χ3n) is 3.30. The quantitative estimate of drug-likeness (QED) is 0.879. The molecule has 0 saturated heterocycles. The van der Waals surface area contributed by atoms with E-state index in [-0.39, 0.29) is 5.01 Å². The average Bonchev–Trinajstić information content (AvgIpc) is 3.05. The molecule has 19 heavy (non-hydrogen) atoms. The van der Waals surface area contributed by atoms with Crippen molar-refractivity contribution in [2.45, 2.75) is 24.9 Å². The molecule has 0 amide bonds. The Morgan fingerprint density at radius 3 is 2.89 bits per heavy atom. The lowest BCUT2D eigenvalue weighted by atomic mass is 10.1. The third kappa shape index (κ3) is 2.83. The monoisotopic (exact) mass is 274 g/mol. The van der Waals surface area contributed by atoms with Crippen LogP contribution >= 0.6 is 11.3 Å². The highest BCUT2D eigenvalue weighted by molar-refractivity contribution is 7.11. The summed E-state index contributed by atoms with van der Waals surface area (Å²) in [4.78, 5) is 14.8. The van der Waals surface area contributed by atoms with E-state index in [0.717, 1.165) is 12.1 Å². The number of nitrogens with one attached hydrogen (secondary N) is 1. The summed E-state index contributed by atoms with van der Waals surface area (Å²) in [5.74, 6) is -0.372. The molecule has 1 aromatic carbocycles. The number of hydrogen-bond donors (Lipinski definition) is 2. The molecule has 2 unspecified atom stereocenters. The van der Waals surface area contributed by atoms with E-state index in [2.05, 4.69) is 34.6 Å². The number of aromatic nitrogens is 1. The largest absolute Gasteiger partial charge is 0.476 e. The Kier molecular flexibility index (Phi) is 3.31. The van der Waals surface area contributed by atoms with Gasteiger partial charge >= 0.3 is 5.97 Å². The van der Waals surface area contributed by atoms with E-state index in [1.165, 1.54) is 16.9 Å². The van der Waals surface area contributed by atoms with Crippen LogP contribution in [0, 0.1) is 0 Å². The molecule has 0 aliphatic heterocycles. The van der Waals surface area contributed by atoms with Crippen LogP contribution in [0.4, 0.5) is 0 Å². The molecule has 2 atom stereocenters.